The Morgan fingerprint density at radius 3 is 3.00 bits per heavy atom. The minimum atomic E-state index is 0.148. The van der Waals surface area contributed by atoms with Crippen LogP contribution >= 0.6 is 11.3 Å². The number of likely N-dealkylation sites (tertiary alicyclic amines) is 1. The maximum Gasteiger partial charge on any atom is 0.228 e. The molecular weight excluding hydrogens is 376 g/mol. The predicted molar refractivity (Wildman–Crippen MR) is 104 cm³/mol. The Morgan fingerprint density at radius 1 is 1.29 bits per heavy atom. The van der Waals surface area contributed by atoms with Crippen molar-refractivity contribution in [2.24, 2.45) is 0 Å². The predicted octanol–water partition coefficient (Wildman–Crippen LogP) is 2.05. The van der Waals surface area contributed by atoms with Crippen LogP contribution in [0.4, 0.5) is 0 Å². The number of nitrogens with one attached hydrogen (secondary N) is 1. The minimum Gasteiger partial charge on any atom is -0.472 e. The second kappa shape index (κ2) is 7.48. The number of furan rings is 1. The van der Waals surface area contributed by atoms with Gasteiger partial charge in [0.05, 0.1) is 24.9 Å². The van der Waals surface area contributed by atoms with Crippen LogP contribution in [0.15, 0.2) is 28.4 Å². The molecule has 1 N–H and O–H groups in total. The number of carbonyl (C=O) groups is 1. The zero-order valence-electron chi connectivity index (χ0n) is 15.5. The summed E-state index contributed by atoms with van der Waals surface area (Å²) < 4.78 is 7.36. The Labute approximate surface area is 166 Å². The SMILES string of the molecule is O=C(Cc1csc(-c2ccoc2)n1)N1CCC(c2nnc3n2CCNC3)CC1. The van der Waals surface area contributed by atoms with Gasteiger partial charge in [-0.15, -0.1) is 21.5 Å². The van der Waals surface area contributed by atoms with Gasteiger partial charge in [-0.25, -0.2) is 4.98 Å². The summed E-state index contributed by atoms with van der Waals surface area (Å²) in [5, 5.41) is 14.9. The van der Waals surface area contributed by atoms with E-state index in [-0.39, 0.29) is 5.91 Å². The number of fused-ring (bicyclic) bond motifs is 1. The topological polar surface area (TPSA) is 89.1 Å². The molecule has 2 aliphatic heterocycles. The molecule has 0 bridgehead atoms. The second-order valence-electron chi connectivity index (χ2n) is 7.29. The summed E-state index contributed by atoms with van der Waals surface area (Å²) >= 11 is 1.54. The summed E-state index contributed by atoms with van der Waals surface area (Å²) in [6, 6.07) is 1.88. The molecular formula is C19H22N6O2S. The highest BCUT2D eigenvalue weighted by Gasteiger charge is 2.29. The van der Waals surface area contributed by atoms with Gasteiger partial charge in [0.1, 0.15) is 22.9 Å². The number of rotatable bonds is 4. The lowest BCUT2D eigenvalue weighted by atomic mass is 9.95. The minimum absolute atomic E-state index is 0.148. The third-order valence-corrected chi connectivity index (χ3v) is 6.46. The van der Waals surface area contributed by atoms with Crippen LogP contribution in [0.25, 0.3) is 10.6 Å². The average molecular weight is 398 g/mol. The molecule has 0 saturated carbocycles. The van der Waals surface area contributed by atoms with E-state index in [0.29, 0.717) is 12.3 Å². The number of thiazole rings is 1. The Balaban J connectivity index is 1.19. The van der Waals surface area contributed by atoms with E-state index in [2.05, 4.69) is 25.1 Å². The van der Waals surface area contributed by atoms with Gasteiger partial charge in [0.2, 0.25) is 5.91 Å². The first-order chi connectivity index (χ1) is 13.8. The molecule has 3 aromatic heterocycles. The molecule has 146 valence electrons. The fourth-order valence-electron chi connectivity index (χ4n) is 3.98. The van der Waals surface area contributed by atoms with Gasteiger partial charge in [0.15, 0.2) is 0 Å². The molecule has 28 heavy (non-hydrogen) atoms. The van der Waals surface area contributed by atoms with Crippen LogP contribution in [0, 0.1) is 0 Å². The molecule has 0 radical (unpaired) electrons. The summed E-state index contributed by atoms with van der Waals surface area (Å²) in [7, 11) is 0. The first-order valence-electron chi connectivity index (χ1n) is 9.65. The van der Waals surface area contributed by atoms with E-state index in [4.69, 9.17) is 4.42 Å². The molecule has 0 unspecified atom stereocenters. The van der Waals surface area contributed by atoms with Gasteiger partial charge in [-0.1, -0.05) is 0 Å². The zero-order valence-corrected chi connectivity index (χ0v) is 16.3. The molecule has 8 nitrogen and oxygen atoms in total. The Bertz CT molecular complexity index is 955. The van der Waals surface area contributed by atoms with Crippen LogP contribution in [0.3, 0.4) is 0 Å². The molecule has 1 amide bonds. The van der Waals surface area contributed by atoms with Gasteiger partial charge in [-0.2, -0.15) is 0 Å². The molecule has 5 rings (SSSR count). The first kappa shape index (κ1) is 17.6. The molecule has 2 aliphatic rings. The van der Waals surface area contributed by atoms with Crippen LogP contribution in [0.2, 0.25) is 0 Å². The number of hydrogen-bond acceptors (Lipinski definition) is 7. The summed E-state index contributed by atoms with van der Waals surface area (Å²) in [6.07, 6.45) is 5.54. The molecule has 0 atom stereocenters. The highest BCUT2D eigenvalue weighted by Crippen LogP contribution is 2.29. The van der Waals surface area contributed by atoms with Crippen molar-refractivity contribution in [2.75, 3.05) is 19.6 Å². The van der Waals surface area contributed by atoms with Crippen molar-refractivity contribution >= 4 is 17.2 Å². The van der Waals surface area contributed by atoms with E-state index in [0.717, 1.165) is 73.5 Å². The van der Waals surface area contributed by atoms with Gasteiger partial charge in [0.25, 0.3) is 0 Å². The standard InChI is InChI=1S/C19H22N6O2S/c26-17(9-15-12-28-19(21-15)14-3-8-27-11-14)24-5-1-13(2-6-24)18-23-22-16-10-20-4-7-25(16)18/h3,8,11-13,20H,1-2,4-7,9-10H2. The summed E-state index contributed by atoms with van der Waals surface area (Å²) in [5.74, 6) is 2.65. The monoisotopic (exact) mass is 398 g/mol. The second-order valence-corrected chi connectivity index (χ2v) is 8.15. The first-order valence-corrected chi connectivity index (χ1v) is 10.5. The Kier molecular flexibility index (Phi) is 4.69. The molecule has 1 saturated heterocycles. The maximum atomic E-state index is 12.7. The third kappa shape index (κ3) is 3.35. The zero-order chi connectivity index (χ0) is 18.9. The van der Waals surface area contributed by atoms with E-state index in [1.54, 1.807) is 23.9 Å². The van der Waals surface area contributed by atoms with E-state index < -0.39 is 0 Å². The van der Waals surface area contributed by atoms with Crippen molar-refractivity contribution < 1.29 is 9.21 Å². The van der Waals surface area contributed by atoms with Crippen LogP contribution < -0.4 is 5.32 Å². The van der Waals surface area contributed by atoms with Gasteiger partial charge in [-0.3, -0.25) is 4.79 Å². The molecule has 0 aliphatic carbocycles. The molecule has 0 aromatic carbocycles. The summed E-state index contributed by atoms with van der Waals surface area (Å²) in [4.78, 5) is 19.3. The lowest BCUT2D eigenvalue weighted by Gasteiger charge is -2.32. The van der Waals surface area contributed by atoms with Crippen LogP contribution in [0.1, 0.15) is 36.1 Å². The Hall–Kier alpha value is -2.52. The molecule has 0 spiro atoms. The van der Waals surface area contributed by atoms with Gasteiger partial charge < -0.3 is 19.2 Å². The number of hydrogen-bond donors (Lipinski definition) is 1. The fraction of sp³-hybridized carbons (Fsp3) is 0.474. The van der Waals surface area contributed by atoms with Crippen molar-refractivity contribution in [3.05, 3.63) is 41.3 Å². The number of carbonyl (C=O) groups excluding carboxylic acids is 1. The summed E-state index contributed by atoms with van der Waals surface area (Å²) in [5.41, 5.74) is 1.78. The largest absolute Gasteiger partial charge is 0.472 e. The van der Waals surface area contributed by atoms with Gasteiger partial charge >= 0.3 is 0 Å². The van der Waals surface area contributed by atoms with Crippen molar-refractivity contribution in [2.45, 2.75) is 38.3 Å². The number of nitrogens with zero attached hydrogens (tertiary/aromatic N) is 5. The molecule has 9 heteroatoms. The van der Waals surface area contributed by atoms with Crippen molar-refractivity contribution in [1.82, 2.24) is 30.0 Å². The highest BCUT2D eigenvalue weighted by molar-refractivity contribution is 7.13. The van der Waals surface area contributed by atoms with Crippen LogP contribution in [0.5, 0.6) is 0 Å². The van der Waals surface area contributed by atoms with Gasteiger partial charge in [-0.05, 0) is 18.9 Å². The van der Waals surface area contributed by atoms with Crippen molar-refractivity contribution in [3.63, 3.8) is 0 Å². The van der Waals surface area contributed by atoms with Gasteiger partial charge in [0, 0.05) is 43.0 Å². The molecule has 3 aromatic rings. The smallest absolute Gasteiger partial charge is 0.228 e. The number of amides is 1. The van der Waals surface area contributed by atoms with Crippen LogP contribution in [-0.2, 0) is 24.3 Å². The van der Waals surface area contributed by atoms with Crippen molar-refractivity contribution in [1.29, 1.82) is 0 Å². The molecule has 1 fully saturated rings. The fourth-order valence-corrected chi connectivity index (χ4v) is 4.78. The maximum absolute atomic E-state index is 12.7. The van der Waals surface area contributed by atoms with E-state index in [1.165, 1.54) is 0 Å². The summed E-state index contributed by atoms with van der Waals surface area (Å²) in [6.45, 7) is 4.22. The van der Waals surface area contributed by atoms with E-state index in [1.807, 2.05) is 16.3 Å². The van der Waals surface area contributed by atoms with E-state index >= 15 is 0 Å². The lowest BCUT2D eigenvalue weighted by Crippen LogP contribution is -2.39. The van der Waals surface area contributed by atoms with Crippen molar-refractivity contribution in [3.8, 4) is 10.6 Å². The number of aromatic nitrogens is 4. The molecule has 5 heterocycles. The quantitative estimate of drug-likeness (QED) is 0.724. The third-order valence-electron chi connectivity index (χ3n) is 5.52. The van der Waals surface area contributed by atoms with E-state index in [9.17, 15) is 4.79 Å². The van der Waals surface area contributed by atoms with Crippen LogP contribution in [-0.4, -0.2) is 50.2 Å². The normalized spacial score (nSPS) is 17.6. The average Bonchev–Trinajstić information content (AvgIpc) is 3.48. The number of piperidine rings is 1. The lowest BCUT2D eigenvalue weighted by molar-refractivity contribution is -0.131. The Morgan fingerprint density at radius 2 is 2.18 bits per heavy atom. The highest BCUT2D eigenvalue weighted by atomic mass is 32.1.